The van der Waals surface area contributed by atoms with Gasteiger partial charge < -0.3 is 10.2 Å². The molecule has 116 valence electrons. The molecule has 1 aromatic heterocycles. The fourth-order valence-corrected chi connectivity index (χ4v) is 3.42. The number of benzene rings is 2. The molecule has 3 aromatic rings. The second-order valence-corrected chi connectivity index (χ2v) is 6.47. The molecule has 0 aliphatic carbocycles. The number of hydrogen-bond donors (Lipinski definition) is 2. The molecule has 0 spiro atoms. The van der Waals surface area contributed by atoms with E-state index in [2.05, 4.69) is 4.98 Å². The van der Waals surface area contributed by atoms with E-state index in [0.717, 1.165) is 26.7 Å². The Bertz CT molecular complexity index is 882. The minimum absolute atomic E-state index is 0.163. The molecule has 0 amide bonds. The van der Waals surface area contributed by atoms with E-state index in [0.29, 0.717) is 5.56 Å². The number of carbonyl (C=O) groups is 1. The number of nitrogens with zero attached hydrogens (tertiary/aromatic N) is 1. The molecule has 2 aromatic carbocycles. The van der Waals surface area contributed by atoms with Crippen LogP contribution in [0.2, 0.25) is 0 Å². The summed E-state index contributed by atoms with van der Waals surface area (Å²) in [5.74, 6) is -0.805. The molecule has 0 saturated carbocycles. The molecule has 0 unspecified atom stereocenters. The van der Waals surface area contributed by atoms with Gasteiger partial charge in [-0.15, -0.1) is 11.3 Å². The topological polar surface area (TPSA) is 70.4 Å². The van der Waals surface area contributed by atoms with Gasteiger partial charge in [0.1, 0.15) is 5.75 Å². The summed E-state index contributed by atoms with van der Waals surface area (Å²) in [6, 6.07) is 11.9. The number of hydrogen-bond acceptors (Lipinski definition) is 4. The molecular weight excluding hydrogens is 310 g/mol. The summed E-state index contributed by atoms with van der Waals surface area (Å²) in [5.41, 5.74) is 3.62. The van der Waals surface area contributed by atoms with E-state index < -0.39 is 5.97 Å². The van der Waals surface area contributed by atoms with Crippen molar-refractivity contribution in [2.45, 2.75) is 13.8 Å². The molecule has 2 N–H and O–H groups in total. The number of thiazole rings is 1. The molecule has 3 rings (SSSR count). The van der Waals surface area contributed by atoms with Gasteiger partial charge in [0.2, 0.25) is 0 Å². The normalized spacial score (nSPS) is 10.7. The molecule has 0 saturated heterocycles. The lowest BCUT2D eigenvalue weighted by atomic mass is 10.00. The van der Waals surface area contributed by atoms with Crippen molar-refractivity contribution in [3.63, 3.8) is 0 Å². The van der Waals surface area contributed by atoms with Gasteiger partial charge in [0, 0.05) is 5.56 Å². The van der Waals surface area contributed by atoms with E-state index in [9.17, 15) is 9.90 Å². The van der Waals surface area contributed by atoms with Crippen LogP contribution in [-0.4, -0.2) is 21.2 Å². The Balaban J connectivity index is 2.07. The first kappa shape index (κ1) is 15.2. The third kappa shape index (κ3) is 2.96. The number of phenols is 1. The SMILES string of the molecule is Cc1nc(C)c(-c2ccc(O)c(-c3ccc(C(=O)O)cc3)c2)s1. The summed E-state index contributed by atoms with van der Waals surface area (Å²) in [4.78, 5) is 16.4. The minimum atomic E-state index is -0.967. The van der Waals surface area contributed by atoms with Crippen molar-refractivity contribution < 1.29 is 15.0 Å². The van der Waals surface area contributed by atoms with E-state index in [1.807, 2.05) is 26.0 Å². The lowest BCUT2D eigenvalue weighted by Gasteiger charge is -2.08. The van der Waals surface area contributed by atoms with E-state index in [-0.39, 0.29) is 11.3 Å². The summed E-state index contributed by atoms with van der Waals surface area (Å²) in [5, 5.41) is 20.1. The molecule has 0 atom stereocenters. The van der Waals surface area contributed by atoms with Gasteiger partial charge >= 0.3 is 5.97 Å². The van der Waals surface area contributed by atoms with Crippen LogP contribution in [0.3, 0.4) is 0 Å². The summed E-state index contributed by atoms with van der Waals surface area (Å²) in [6.07, 6.45) is 0. The largest absolute Gasteiger partial charge is 0.507 e. The van der Waals surface area contributed by atoms with E-state index in [4.69, 9.17) is 5.11 Å². The highest BCUT2D eigenvalue weighted by Crippen LogP contribution is 2.36. The average Bonchev–Trinajstić information content (AvgIpc) is 2.86. The highest BCUT2D eigenvalue weighted by Gasteiger charge is 2.12. The summed E-state index contributed by atoms with van der Waals surface area (Å²) < 4.78 is 0. The molecule has 0 radical (unpaired) electrons. The van der Waals surface area contributed by atoms with Gasteiger partial charge in [-0.1, -0.05) is 12.1 Å². The van der Waals surface area contributed by atoms with Crippen LogP contribution in [0.25, 0.3) is 21.6 Å². The molecular formula is C18H15NO3S. The number of rotatable bonds is 3. The van der Waals surface area contributed by atoms with E-state index in [1.165, 1.54) is 12.1 Å². The van der Waals surface area contributed by atoms with Crippen LogP contribution in [0.5, 0.6) is 5.75 Å². The Morgan fingerprint density at radius 1 is 1.04 bits per heavy atom. The monoisotopic (exact) mass is 325 g/mol. The predicted molar refractivity (Wildman–Crippen MR) is 91.1 cm³/mol. The van der Waals surface area contributed by atoms with Crippen LogP contribution in [-0.2, 0) is 0 Å². The molecule has 5 heteroatoms. The van der Waals surface area contributed by atoms with E-state index >= 15 is 0 Å². The Morgan fingerprint density at radius 2 is 1.70 bits per heavy atom. The molecule has 0 fully saturated rings. The zero-order valence-corrected chi connectivity index (χ0v) is 13.5. The fraction of sp³-hybridized carbons (Fsp3) is 0.111. The van der Waals surface area contributed by atoms with Gasteiger partial charge in [-0.25, -0.2) is 9.78 Å². The third-order valence-electron chi connectivity index (χ3n) is 3.61. The van der Waals surface area contributed by atoms with Gasteiger partial charge in [0.25, 0.3) is 0 Å². The van der Waals surface area contributed by atoms with Crippen molar-refractivity contribution in [3.8, 4) is 27.3 Å². The lowest BCUT2D eigenvalue weighted by Crippen LogP contribution is -1.95. The molecule has 0 aliphatic heterocycles. The van der Waals surface area contributed by atoms with Crippen molar-refractivity contribution in [3.05, 3.63) is 58.7 Å². The number of carboxylic acid groups (broad SMARTS) is 1. The second kappa shape index (κ2) is 5.85. The van der Waals surface area contributed by atoms with Crippen LogP contribution >= 0.6 is 11.3 Å². The molecule has 0 aliphatic rings. The first-order valence-electron chi connectivity index (χ1n) is 7.07. The van der Waals surface area contributed by atoms with Gasteiger partial charge in [-0.3, -0.25) is 0 Å². The van der Waals surface area contributed by atoms with Gasteiger partial charge in [0.15, 0.2) is 0 Å². The molecule has 4 nitrogen and oxygen atoms in total. The highest BCUT2D eigenvalue weighted by molar-refractivity contribution is 7.15. The van der Waals surface area contributed by atoms with Crippen LogP contribution in [0.4, 0.5) is 0 Å². The Kier molecular flexibility index (Phi) is 3.88. The highest BCUT2D eigenvalue weighted by atomic mass is 32.1. The zero-order chi connectivity index (χ0) is 16.6. The molecule has 23 heavy (non-hydrogen) atoms. The number of aromatic nitrogens is 1. The molecule has 0 bridgehead atoms. The number of aromatic hydroxyl groups is 1. The fourth-order valence-electron chi connectivity index (χ4n) is 2.50. The second-order valence-electron chi connectivity index (χ2n) is 5.26. The maximum Gasteiger partial charge on any atom is 0.335 e. The average molecular weight is 325 g/mol. The lowest BCUT2D eigenvalue weighted by molar-refractivity contribution is 0.0697. The third-order valence-corrected chi connectivity index (χ3v) is 4.73. The smallest absolute Gasteiger partial charge is 0.335 e. The maximum absolute atomic E-state index is 10.9. The number of carboxylic acids is 1. The van der Waals surface area contributed by atoms with Crippen LogP contribution in [0.1, 0.15) is 21.1 Å². The summed E-state index contributed by atoms with van der Waals surface area (Å²) in [6.45, 7) is 3.93. The number of phenolic OH excluding ortho intramolecular Hbond substituents is 1. The van der Waals surface area contributed by atoms with Crippen molar-refractivity contribution in [1.82, 2.24) is 4.98 Å². The van der Waals surface area contributed by atoms with E-state index in [1.54, 1.807) is 29.5 Å². The predicted octanol–water partition coefficient (Wildman–Crippen LogP) is 4.50. The maximum atomic E-state index is 10.9. The van der Waals surface area contributed by atoms with Gasteiger partial charge in [-0.2, -0.15) is 0 Å². The Hall–Kier alpha value is -2.66. The number of aromatic carboxylic acids is 1. The van der Waals surface area contributed by atoms with Crippen LogP contribution in [0.15, 0.2) is 42.5 Å². The Labute approximate surface area is 137 Å². The quantitative estimate of drug-likeness (QED) is 0.744. The van der Waals surface area contributed by atoms with Crippen molar-refractivity contribution in [1.29, 1.82) is 0 Å². The van der Waals surface area contributed by atoms with Gasteiger partial charge in [0.05, 0.1) is 21.1 Å². The standard InChI is InChI=1S/C18H15NO3S/c1-10-17(23-11(2)19-10)14-7-8-16(20)15(9-14)12-3-5-13(6-4-12)18(21)22/h3-9,20H,1-2H3,(H,21,22). The van der Waals surface area contributed by atoms with Crippen LogP contribution in [0, 0.1) is 13.8 Å². The van der Waals surface area contributed by atoms with Crippen molar-refractivity contribution in [2.24, 2.45) is 0 Å². The summed E-state index contributed by atoms with van der Waals surface area (Å²) in [7, 11) is 0. The minimum Gasteiger partial charge on any atom is -0.507 e. The van der Waals surface area contributed by atoms with Crippen molar-refractivity contribution in [2.75, 3.05) is 0 Å². The Morgan fingerprint density at radius 3 is 2.26 bits per heavy atom. The summed E-state index contributed by atoms with van der Waals surface area (Å²) >= 11 is 1.61. The number of aryl methyl sites for hydroxylation is 2. The first-order chi connectivity index (χ1) is 11.0. The zero-order valence-electron chi connectivity index (χ0n) is 12.7. The van der Waals surface area contributed by atoms with Crippen molar-refractivity contribution >= 4 is 17.3 Å². The molecule has 1 heterocycles. The van der Waals surface area contributed by atoms with Crippen LogP contribution < -0.4 is 0 Å². The first-order valence-corrected chi connectivity index (χ1v) is 7.88. The van der Waals surface area contributed by atoms with Gasteiger partial charge in [-0.05, 0) is 55.3 Å².